The smallest absolute Gasteiger partial charge is 0.243 e. The summed E-state index contributed by atoms with van der Waals surface area (Å²) in [7, 11) is 0. The first-order valence-electron chi connectivity index (χ1n) is 6.44. The monoisotopic (exact) mass is 375 g/mol. The predicted molar refractivity (Wildman–Crippen MR) is 83.8 cm³/mol. The number of amides is 2. The molecule has 1 aliphatic heterocycles. The van der Waals surface area contributed by atoms with Gasteiger partial charge in [0.2, 0.25) is 11.8 Å². The fourth-order valence-electron chi connectivity index (χ4n) is 1.92. The second kappa shape index (κ2) is 7.11. The van der Waals surface area contributed by atoms with Gasteiger partial charge in [0.1, 0.15) is 6.04 Å². The fraction of sp³-hybridized carbons (Fsp3) is 0.385. The van der Waals surface area contributed by atoms with Crippen LogP contribution in [0.3, 0.4) is 0 Å². The molecule has 0 saturated carbocycles. The molecule has 1 unspecified atom stereocenters. The van der Waals surface area contributed by atoms with Gasteiger partial charge in [-0.3, -0.25) is 14.9 Å². The largest absolute Gasteiger partial charge is 0.491 e. The van der Waals surface area contributed by atoms with Gasteiger partial charge in [-0.15, -0.1) is 0 Å². The van der Waals surface area contributed by atoms with Crippen molar-refractivity contribution >= 4 is 45.0 Å². The molecule has 1 fully saturated rings. The zero-order chi connectivity index (χ0) is 15.4. The lowest BCUT2D eigenvalue weighted by Crippen LogP contribution is -2.56. The molecule has 0 radical (unpaired) electrons. The minimum atomic E-state index is -0.491. The molecular weight excluding hydrogens is 362 g/mol. The van der Waals surface area contributed by atoms with E-state index in [-0.39, 0.29) is 24.9 Å². The van der Waals surface area contributed by atoms with Gasteiger partial charge in [0.05, 0.1) is 23.3 Å². The molecule has 1 saturated heterocycles. The lowest BCUT2D eigenvalue weighted by Gasteiger charge is -2.23. The van der Waals surface area contributed by atoms with Crippen molar-refractivity contribution in [2.75, 3.05) is 25.0 Å². The van der Waals surface area contributed by atoms with Crippen LogP contribution in [0.1, 0.15) is 6.92 Å². The van der Waals surface area contributed by atoms with E-state index < -0.39 is 6.04 Å². The number of nitrogens with one attached hydrogen (secondary N) is 3. The van der Waals surface area contributed by atoms with Crippen LogP contribution in [0.25, 0.3) is 0 Å². The maximum Gasteiger partial charge on any atom is 0.243 e. The Morgan fingerprint density at radius 3 is 2.95 bits per heavy atom. The minimum Gasteiger partial charge on any atom is -0.491 e. The molecule has 21 heavy (non-hydrogen) atoms. The minimum absolute atomic E-state index is 0.121. The van der Waals surface area contributed by atoms with Crippen LogP contribution in [0.4, 0.5) is 5.69 Å². The number of carbonyl (C=O) groups is 2. The third kappa shape index (κ3) is 4.09. The Hall–Kier alpha value is -1.31. The molecule has 1 aliphatic rings. The topological polar surface area (TPSA) is 79.5 Å². The van der Waals surface area contributed by atoms with E-state index in [2.05, 4.69) is 31.9 Å². The molecule has 1 heterocycles. The lowest BCUT2D eigenvalue weighted by molar-refractivity contribution is -0.124. The molecule has 1 atom stereocenters. The first kappa shape index (κ1) is 16.1. The number of hydrogen-bond acceptors (Lipinski definition) is 4. The van der Waals surface area contributed by atoms with E-state index in [1.54, 1.807) is 12.1 Å². The summed E-state index contributed by atoms with van der Waals surface area (Å²) in [6.45, 7) is 2.68. The molecule has 0 bridgehead atoms. The second-order valence-corrected chi connectivity index (χ2v) is 5.71. The highest BCUT2D eigenvalue weighted by Crippen LogP contribution is 2.36. The van der Waals surface area contributed by atoms with Gasteiger partial charge in [-0.25, -0.2) is 0 Å². The molecule has 3 N–H and O–H groups in total. The van der Waals surface area contributed by atoms with E-state index in [1.807, 2.05) is 6.92 Å². The molecule has 2 rings (SSSR count). The normalized spacial score (nSPS) is 18.0. The summed E-state index contributed by atoms with van der Waals surface area (Å²) in [5.41, 5.74) is 0.486. The lowest BCUT2D eigenvalue weighted by atomic mass is 10.2. The van der Waals surface area contributed by atoms with Crippen LogP contribution in [0.15, 0.2) is 16.6 Å². The standard InChI is InChI=1S/C13H15BrClN3O3/c1-2-21-12-8(14)3-7(15)4-9(12)18-13(20)10-5-17-11(19)6-16-10/h3-4,10,16H,2,5-6H2,1H3,(H,17,19)(H,18,20). The van der Waals surface area contributed by atoms with E-state index in [9.17, 15) is 9.59 Å². The van der Waals surface area contributed by atoms with E-state index in [0.29, 0.717) is 27.5 Å². The van der Waals surface area contributed by atoms with Crippen LogP contribution in [0, 0.1) is 0 Å². The van der Waals surface area contributed by atoms with Gasteiger partial charge in [-0.2, -0.15) is 0 Å². The summed E-state index contributed by atoms with van der Waals surface area (Å²) >= 11 is 9.36. The van der Waals surface area contributed by atoms with E-state index in [1.165, 1.54) is 0 Å². The zero-order valence-corrected chi connectivity index (χ0v) is 13.7. The molecular formula is C13H15BrClN3O3. The zero-order valence-electron chi connectivity index (χ0n) is 11.3. The molecule has 8 heteroatoms. The van der Waals surface area contributed by atoms with Crippen LogP contribution in [-0.4, -0.2) is 37.6 Å². The SMILES string of the molecule is CCOc1c(Br)cc(Cl)cc1NC(=O)C1CNC(=O)CN1. The van der Waals surface area contributed by atoms with Gasteiger partial charge < -0.3 is 15.4 Å². The van der Waals surface area contributed by atoms with Crippen molar-refractivity contribution in [3.8, 4) is 5.75 Å². The van der Waals surface area contributed by atoms with Crippen LogP contribution >= 0.6 is 27.5 Å². The molecule has 1 aromatic carbocycles. The summed E-state index contributed by atoms with van der Waals surface area (Å²) in [4.78, 5) is 23.3. The average molecular weight is 377 g/mol. The summed E-state index contributed by atoms with van der Waals surface area (Å²) in [6, 6.07) is 2.83. The van der Waals surface area contributed by atoms with Crippen molar-refractivity contribution < 1.29 is 14.3 Å². The number of carbonyl (C=O) groups excluding carboxylic acids is 2. The van der Waals surface area contributed by atoms with Gasteiger partial charge in [0.15, 0.2) is 5.75 Å². The van der Waals surface area contributed by atoms with Gasteiger partial charge in [0.25, 0.3) is 0 Å². The number of halogens is 2. The molecule has 2 amide bonds. The Morgan fingerprint density at radius 1 is 1.57 bits per heavy atom. The maximum absolute atomic E-state index is 12.2. The third-order valence-electron chi connectivity index (χ3n) is 2.88. The van der Waals surface area contributed by atoms with Crippen molar-refractivity contribution in [3.05, 3.63) is 21.6 Å². The molecule has 1 aromatic rings. The van der Waals surface area contributed by atoms with Gasteiger partial charge in [-0.1, -0.05) is 11.6 Å². The van der Waals surface area contributed by atoms with Crippen molar-refractivity contribution in [2.24, 2.45) is 0 Å². The third-order valence-corrected chi connectivity index (χ3v) is 3.69. The Kier molecular flexibility index (Phi) is 5.44. The summed E-state index contributed by atoms with van der Waals surface area (Å²) < 4.78 is 6.18. The number of hydrogen-bond donors (Lipinski definition) is 3. The van der Waals surface area contributed by atoms with Crippen molar-refractivity contribution in [3.63, 3.8) is 0 Å². The molecule has 0 aliphatic carbocycles. The number of anilines is 1. The average Bonchev–Trinajstić information content (AvgIpc) is 2.43. The van der Waals surface area contributed by atoms with E-state index >= 15 is 0 Å². The molecule has 0 aromatic heterocycles. The number of benzene rings is 1. The summed E-state index contributed by atoms with van der Waals surface area (Å²) in [5, 5.41) is 8.74. The highest BCUT2D eigenvalue weighted by Gasteiger charge is 2.25. The Balaban J connectivity index is 2.14. The molecule has 0 spiro atoms. The first-order chi connectivity index (χ1) is 10.0. The molecule has 6 nitrogen and oxygen atoms in total. The summed E-state index contributed by atoms with van der Waals surface area (Å²) in [6.07, 6.45) is 0. The van der Waals surface area contributed by atoms with Crippen molar-refractivity contribution in [1.82, 2.24) is 10.6 Å². The summed E-state index contributed by atoms with van der Waals surface area (Å²) in [5.74, 6) is 0.139. The van der Waals surface area contributed by atoms with Gasteiger partial charge in [0, 0.05) is 11.6 Å². The van der Waals surface area contributed by atoms with Gasteiger partial charge >= 0.3 is 0 Å². The van der Waals surface area contributed by atoms with Crippen LogP contribution in [-0.2, 0) is 9.59 Å². The van der Waals surface area contributed by atoms with Gasteiger partial charge in [-0.05, 0) is 35.0 Å². The number of piperazine rings is 1. The first-order valence-corrected chi connectivity index (χ1v) is 7.61. The highest BCUT2D eigenvalue weighted by molar-refractivity contribution is 9.10. The number of rotatable bonds is 4. The quantitative estimate of drug-likeness (QED) is 0.744. The molecule has 114 valence electrons. The number of ether oxygens (including phenoxy) is 1. The predicted octanol–water partition coefficient (Wildman–Crippen LogP) is 1.53. The van der Waals surface area contributed by atoms with Crippen LogP contribution < -0.4 is 20.7 Å². The Bertz CT molecular complexity index is 558. The van der Waals surface area contributed by atoms with E-state index in [4.69, 9.17) is 16.3 Å². The Labute approximate surface area is 135 Å². The van der Waals surface area contributed by atoms with Crippen LogP contribution in [0.5, 0.6) is 5.75 Å². The Morgan fingerprint density at radius 2 is 2.33 bits per heavy atom. The van der Waals surface area contributed by atoms with E-state index in [0.717, 1.165) is 0 Å². The maximum atomic E-state index is 12.2. The fourth-order valence-corrected chi connectivity index (χ4v) is 2.84. The van der Waals surface area contributed by atoms with Crippen molar-refractivity contribution in [2.45, 2.75) is 13.0 Å². The highest BCUT2D eigenvalue weighted by atomic mass is 79.9. The van der Waals surface area contributed by atoms with Crippen molar-refractivity contribution in [1.29, 1.82) is 0 Å². The van der Waals surface area contributed by atoms with Crippen LogP contribution in [0.2, 0.25) is 5.02 Å². The second-order valence-electron chi connectivity index (χ2n) is 4.42.